The van der Waals surface area contributed by atoms with E-state index in [1.807, 2.05) is 17.5 Å². The van der Waals surface area contributed by atoms with Crippen LogP contribution in [0.4, 0.5) is 15.3 Å². The third-order valence-electron chi connectivity index (χ3n) is 5.02. The fourth-order valence-corrected chi connectivity index (χ4v) is 5.29. The predicted molar refractivity (Wildman–Crippen MR) is 139 cm³/mol. The molecule has 3 aromatic heterocycles. The first-order valence-electron chi connectivity index (χ1n) is 11.2. The summed E-state index contributed by atoms with van der Waals surface area (Å²) in [5.74, 6) is -1.13. The monoisotopic (exact) mass is 528 g/mol. The number of thiophene rings is 1. The number of carboxylic acids is 1. The summed E-state index contributed by atoms with van der Waals surface area (Å²) in [7, 11) is 1.55. The second-order valence-electron chi connectivity index (χ2n) is 8.24. The number of methoxy groups -OCH3 is 1. The molecule has 0 fully saturated rings. The summed E-state index contributed by atoms with van der Waals surface area (Å²) in [5, 5.41) is 15.1. The molecule has 2 N–H and O–H groups in total. The van der Waals surface area contributed by atoms with Gasteiger partial charge in [0, 0.05) is 17.6 Å². The summed E-state index contributed by atoms with van der Waals surface area (Å²) in [6, 6.07) is 8.44. The molecule has 0 aliphatic carbocycles. The fourth-order valence-electron chi connectivity index (χ4n) is 3.41. The first-order valence-corrected chi connectivity index (χ1v) is 12.9. The largest absolute Gasteiger partial charge is 0.488 e. The number of halogens is 1. The molecule has 3 heterocycles. The SMILES string of the molecule is COCCOc1ccc(-c2nc(Nc3ncc(-c4cccs4)nc3C(=O)O)sc2CC(C)C)cc1F. The number of benzene rings is 1. The summed E-state index contributed by atoms with van der Waals surface area (Å²) >= 11 is 2.83. The van der Waals surface area contributed by atoms with E-state index < -0.39 is 11.8 Å². The minimum absolute atomic E-state index is 0.0901. The molecule has 0 saturated heterocycles. The molecule has 0 spiro atoms. The molecule has 0 radical (unpaired) electrons. The summed E-state index contributed by atoms with van der Waals surface area (Å²) < 4.78 is 25.1. The number of carbonyl (C=O) groups is 1. The van der Waals surface area contributed by atoms with E-state index in [9.17, 15) is 14.3 Å². The summed E-state index contributed by atoms with van der Waals surface area (Å²) in [4.78, 5) is 27.0. The van der Waals surface area contributed by atoms with E-state index in [0.29, 0.717) is 34.6 Å². The van der Waals surface area contributed by atoms with E-state index in [4.69, 9.17) is 9.47 Å². The van der Waals surface area contributed by atoms with E-state index in [-0.39, 0.29) is 23.9 Å². The van der Waals surface area contributed by atoms with Crippen molar-refractivity contribution in [1.82, 2.24) is 15.0 Å². The summed E-state index contributed by atoms with van der Waals surface area (Å²) in [6.07, 6.45) is 2.25. The molecule has 0 bridgehead atoms. The zero-order valence-electron chi connectivity index (χ0n) is 19.9. The Morgan fingerprint density at radius 3 is 2.72 bits per heavy atom. The minimum atomic E-state index is -1.20. The Balaban J connectivity index is 1.65. The average Bonchev–Trinajstić information content (AvgIpc) is 3.50. The van der Waals surface area contributed by atoms with Crippen LogP contribution in [-0.4, -0.2) is 46.4 Å². The van der Waals surface area contributed by atoms with Crippen LogP contribution in [-0.2, 0) is 11.2 Å². The Morgan fingerprint density at radius 2 is 2.06 bits per heavy atom. The van der Waals surface area contributed by atoms with Crippen LogP contribution in [0.5, 0.6) is 5.75 Å². The molecule has 0 saturated carbocycles. The molecule has 0 aliphatic heterocycles. The highest BCUT2D eigenvalue weighted by molar-refractivity contribution is 7.16. The lowest BCUT2D eigenvalue weighted by molar-refractivity contribution is 0.0691. The predicted octanol–water partition coefficient (Wildman–Crippen LogP) is 6.13. The van der Waals surface area contributed by atoms with Gasteiger partial charge in [0.2, 0.25) is 0 Å². The smallest absolute Gasteiger partial charge is 0.358 e. The lowest BCUT2D eigenvalue weighted by Crippen LogP contribution is -2.08. The van der Waals surface area contributed by atoms with Gasteiger partial charge in [-0.15, -0.1) is 22.7 Å². The number of thiazole rings is 1. The molecule has 11 heteroatoms. The Hall–Kier alpha value is -3.41. The van der Waals surface area contributed by atoms with Gasteiger partial charge in [-0.1, -0.05) is 19.9 Å². The Bertz CT molecular complexity index is 1340. The number of carboxylic acid groups (broad SMARTS) is 1. The number of aromatic carboxylic acids is 1. The van der Waals surface area contributed by atoms with E-state index in [0.717, 1.165) is 16.2 Å². The highest BCUT2D eigenvalue weighted by Gasteiger charge is 2.20. The Morgan fingerprint density at radius 1 is 1.22 bits per heavy atom. The maximum atomic E-state index is 14.7. The maximum absolute atomic E-state index is 14.7. The maximum Gasteiger partial charge on any atom is 0.358 e. The molecule has 0 aliphatic rings. The second kappa shape index (κ2) is 11.5. The molecule has 0 amide bonds. The van der Waals surface area contributed by atoms with Gasteiger partial charge in [-0.2, -0.15) is 0 Å². The highest BCUT2D eigenvalue weighted by Crippen LogP contribution is 2.36. The van der Waals surface area contributed by atoms with E-state index in [1.54, 1.807) is 19.2 Å². The van der Waals surface area contributed by atoms with Crippen molar-refractivity contribution in [3.8, 4) is 27.6 Å². The second-order valence-corrected chi connectivity index (χ2v) is 10.3. The van der Waals surface area contributed by atoms with Gasteiger partial charge in [0.15, 0.2) is 28.2 Å². The van der Waals surface area contributed by atoms with Crippen LogP contribution < -0.4 is 10.1 Å². The first kappa shape index (κ1) is 25.7. The molecule has 4 aromatic rings. The minimum Gasteiger partial charge on any atom is -0.488 e. The van der Waals surface area contributed by atoms with E-state index in [1.165, 1.54) is 34.9 Å². The Labute approximate surface area is 215 Å². The van der Waals surface area contributed by atoms with Crippen molar-refractivity contribution in [2.75, 3.05) is 25.6 Å². The lowest BCUT2D eigenvalue weighted by Gasteiger charge is -2.09. The van der Waals surface area contributed by atoms with Gasteiger partial charge in [-0.3, -0.25) is 0 Å². The normalized spacial score (nSPS) is 11.1. The van der Waals surface area contributed by atoms with E-state index in [2.05, 4.69) is 34.1 Å². The zero-order valence-corrected chi connectivity index (χ0v) is 21.6. The van der Waals surface area contributed by atoms with Gasteiger partial charge in [0.05, 0.1) is 29.1 Å². The van der Waals surface area contributed by atoms with Crippen LogP contribution in [0.25, 0.3) is 21.8 Å². The molecule has 8 nitrogen and oxygen atoms in total. The topological polar surface area (TPSA) is 106 Å². The van der Waals surface area contributed by atoms with Crippen molar-refractivity contribution in [3.63, 3.8) is 0 Å². The highest BCUT2D eigenvalue weighted by atomic mass is 32.1. The van der Waals surface area contributed by atoms with Gasteiger partial charge in [0.1, 0.15) is 6.61 Å². The van der Waals surface area contributed by atoms with Crippen molar-refractivity contribution in [2.45, 2.75) is 20.3 Å². The lowest BCUT2D eigenvalue weighted by atomic mass is 10.0. The third-order valence-corrected chi connectivity index (χ3v) is 6.90. The van der Waals surface area contributed by atoms with Crippen LogP contribution in [0.15, 0.2) is 41.9 Å². The zero-order chi connectivity index (χ0) is 25.7. The number of nitrogens with zero attached hydrogens (tertiary/aromatic N) is 3. The van der Waals surface area contributed by atoms with Gasteiger partial charge in [0.25, 0.3) is 0 Å². The number of hydrogen-bond donors (Lipinski definition) is 2. The van der Waals surface area contributed by atoms with Crippen molar-refractivity contribution in [3.05, 3.63) is 58.3 Å². The standard InChI is InChI=1S/C25H25FN4O4S2/c1-14(2)11-20-21(15-6-7-18(16(26)12-15)34-9-8-33-3)29-25(36-20)30-23-22(24(31)32)28-17(13-27-23)19-5-4-10-35-19/h4-7,10,12-14H,8-9,11H2,1-3H3,(H,31,32)(H,27,29,30). The Kier molecular flexibility index (Phi) is 8.24. The molecular formula is C25H25FN4O4S2. The molecule has 4 rings (SSSR count). The summed E-state index contributed by atoms with van der Waals surface area (Å²) in [5.41, 5.74) is 1.51. The number of nitrogens with one attached hydrogen (secondary N) is 1. The van der Waals surface area contributed by atoms with Crippen molar-refractivity contribution >= 4 is 39.6 Å². The van der Waals surface area contributed by atoms with Crippen LogP contribution in [0.2, 0.25) is 0 Å². The van der Waals surface area contributed by atoms with Gasteiger partial charge in [-0.05, 0) is 42.0 Å². The van der Waals surface area contributed by atoms with Crippen LogP contribution in [0, 0.1) is 11.7 Å². The number of hydrogen-bond acceptors (Lipinski definition) is 9. The van der Waals surface area contributed by atoms with Gasteiger partial charge < -0.3 is 19.9 Å². The van der Waals surface area contributed by atoms with Crippen molar-refractivity contribution in [1.29, 1.82) is 0 Å². The van der Waals surface area contributed by atoms with Crippen LogP contribution >= 0.6 is 22.7 Å². The van der Waals surface area contributed by atoms with E-state index >= 15 is 0 Å². The number of rotatable bonds is 11. The molecule has 0 unspecified atom stereocenters. The van der Waals surface area contributed by atoms with Crippen LogP contribution in [0.1, 0.15) is 29.2 Å². The third kappa shape index (κ3) is 6.04. The molecule has 36 heavy (non-hydrogen) atoms. The molecule has 1 aromatic carbocycles. The summed E-state index contributed by atoms with van der Waals surface area (Å²) in [6.45, 7) is 4.77. The van der Waals surface area contributed by atoms with Crippen LogP contribution in [0.3, 0.4) is 0 Å². The fraction of sp³-hybridized carbons (Fsp3) is 0.280. The number of aromatic nitrogens is 3. The average molecular weight is 529 g/mol. The van der Waals surface area contributed by atoms with Gasteiger partial charge >= 0.3 is 5.97 Å². The van der Waals surface area contributed by atoms with Crippen molar-refractivity contribution < 1.29 is 23.8 Å². The molecule has 188 valence electrons. The molecule has 0 atom stereocenters. The number of anilines is 2. The van der Waals surface area contributed by atoms with Crippen molar-refractivity contribution in [2.24, 2.45) is 5.92 Å². The molecular weight excluding hydrogens is 503 g/mol. The van der Waals surface area contributed by atoms with Gasteiger partial charge in [-0.25, -0.2) is 24.1 Å². The quantitative estimate of drug-likeness (QED) is 0.224. The number of ether oxygens (including phenoxy) is 2. The first-order chi connectivity index (χ1) is 17.4.